The van der Waals surface area contributed by atoms with Crippen molar-refractivity contribution in [2.75, 3.05) is 7.05 Å². The van der Waals surface area contributed by atoms with Gasteiger partial charge in [0.25, 0.3) is 0 Å². The van der Waals surface area contributed by atoms with Crippen LogP contribution in [0.25, 0.3) is 0 Å². The molecule has 1 amide bonds. The molecule has 110 valence electrons. The predicted molar refractivity (Wildman–Crippen MR) is 78.6 cm³/mol. The minimum Gasteiger partial charge on any atom is -0.444 e. The van der Waals surface area contributed by atoms with Gasteiger partial charge in [0.2, 0.25) is 0 Å². The first-order valence-corrected chi connectivity index (χ1v) is 6.70. The van der Waals surface area contributed by atoms with Crippen LogP contribution in [0.1, 0.15) is 44.4 Å². The molecule has 0 saturated heterocycles. The molecule has 0 aromatic heterocycles. The Balaban J connectivity index is 2.96. The Labute approximate surface area is 120 Å². The number of carbonyl (C=O) groups excluding carboxylic acids is 2. The Kier molecular flexibility index (Phi) is 5.31. The molecule has 1 rings (SSSR count). The van der Waals surface area contributed by atoms with Crippen LogP contribution in [0.3, 0.4) is 0 Å². The molecule has 4 nitrogen and oxygen atoms in total. The number of aldehydes is 1. The second-order valence-electron chi connectivity index (χ2n) is 5.92. The first-order valence-electron chi connectivity index (χ1n) is 6.70. The molecule has 0 aliphatic heterocycles. The first kappa shape index (κ1) is 16.2. The van der Waals surface area contributed by atoms with Crippen LogP contribution in [0.15, 0.2) is 24.3 Å². The van der Waals surface area contributed by atoms with E-state index in [-0.39, 0.29) is 12.5 Å². The number of ether oxygens (including phenoxy) is 1. The molecule has 1 aromatic carbocycles. The molecule has 0 bridgehead atoms. The standard InChI is InChI=1S/C16H23NO3/c1-12-7-6-8-13(11-12)14(9-10-18)17(5)15(19)20-16(2,3)4/h6-8,10-11,14H,9H2,1-5H3. The highest BCUT2D eigenvalue weighted by Crippen LogP contribution is 2.24. The van der Waals surface area contributed by atoms with Crippen LogP contribution in [0.4, 0.5) is 4.79 Å². The van der Waals surface area contributed by atoms with E-state index in [0.29, 0.717) is 0 Å². The fourth-order valence-electron chi connectivity index (χ4n) is 1.95. The van der Waals surface area contributed by atoms with Crippen molar-refractivity contribution < 1.29 is 14.3 Å². The fraction of sp³-hybridized carbons (Fsp3) is 0.500. The third-order valence-electron chi connectivity index (χ3n) is 2.90. The molecule has 0 spiro atoms. The molecule has 0 heterocycles. The zero-order valence-electron chi connectivity index (χ0n) is 12.8. The number of hydrogen-bond donors (Lipinski definition) is 0. The zero-order valence-corrected chi connectivity index (χ0v) is 12.8. The maximum Gasteiger partial charge on any atom is 0.410 e. The number of aryl methyl sites for hydroxylation is 1. The quantitative estimate of drug-likeness (QED) is 0.791. The van der Waals surface area contributed by atoms with E-state index in [1.165, 1.54) is 4.90 Å². The predicted octanol–water partition coefficient (Wildman–Crippen LogP) is 3.49. The summed E-state index contributed by atoms with van der Waals surface area (Å²) in [5.74, 6) is 0. The highest BCUT2D eigenvalue weighted by Gasteiger charge is 2.26. The van der Waals surface area contributed by atoms with Crippen LogP contribution in [0, 0.1) is 6.92 Å². The molecule has 4 heteroatoms. The smallest absolute Gasteiger partial charge is 0.410 e. The molecule has 0 aliphatic rings. The van der Waals surface area contributed by atoms with Crippen LogP contribution in [-0.2, 0) is 9.53 Å². The van der Waals surface area contributed by atoms with E-state index in [1.807, 2.05) is 52.0 Å². The summed E-state index contributed by atoms with van der Waals surface area (Å²) in [6.07, 6.45) is 0.651. The lowest BCUT2D eigenvalue weighted by atomic mass is 10.0. The molecule has 20 heavy (non-hydrogen) atoms. The second kappa shape index (κ2) is 6.55. The summed E-state index contributed by atoms with van der Waals surface area (Å²) >= 11 is 0. The molecule has 0 fully saturated rings. The summed E-state index contributed by atoms with van der Waals surface area (Å²) in [6, 6.07) is 7.50. The van der Waals surface area contributed by atoms with E-state index in [0.717, 1.165) is 17.4 Å². The van der Waals surface area contributed by atoms with Crippen molar-refractivity contribution in [2.45, 2.75) is 45.8 Å². The number of carbonyl (C=O) groups is 2. The molecule has 1 unspecified atom stereocenters. The molecule has 0 saturated carbocycles. The van der Waals surface area contributed by atoms with Crippen molar-refractivity contribution in [3.05, 3.63) is 35.4 Å². The van der Waals surface area contributed by atoms with Crippen LogP contribution in [-0.4, -0.2) is 29.9 Å². The Morgan fingerprint density at radius 1 is 1.40 bits per heavy atom. The van der Waals surface area contributed by atoms with E-state index in [9.17, 15) is 9.59 Å². The van der Waals surface area contributed by atoms with Crippen molar-refractivity contribution in [1.82, 2.24) is 4.90 Å². The largest absolute Gasteiger partial charge is 0.444 e. The Bertz CT molecular complexity index is 477. The number of benzene rings is 1. The van der Waals surface area contributed by atoms with Crippen molar-refractivity contribution in [1.29, 1.82) is 0 Å². The second-order valence-corrected chi connectivity index (χ2v) is 5.92. The lowest BCUT2D eigenvalue weighted by Crippen LogP contribution is -2.36. The van der Waals surface area contributed by atoms with Crippen molar-refractivity contribution in [3.8, 4) is 0 Å². The van der Waals surface area contributed by atoms with E-state index in [1.54, 1.807) is 7.05 Å². The fourth-order valence-corrected chi connectivity index (χ4v) is 1.95. The molecule has 1 atom stereocenters. The van der Waals surface area contributed by atoms with Gasteiger partial charge >= 0.3 is 6.09 Å². The van der Waals surface area contributed by atoms with Gasteiger partial charge in [-0.2, -0.15) is 0 Å². The Morgan fingerprint density at radius 2 is 2.05 bits per heavy atom. The van der Waals surface area contributed by atoms with Gasteiger partial charge in [0, 0.05) is 13.5 Å². The summed E-state index contributed by atoms with van der Waals surface area (Å²) in [5, 5.41) is 0. The van der Waals surface area contributed by atoms with Gasteiger partial charge in [-0.3, -0.25) is 0 Å². The van der Waals surface area contributed by atoms with Crippen LogP contribution < -0.4 is 0 Å². The lowest BCUT2D eigenvalue weighted by molar-refractivity contribution is -0.108. The highest BCUT2D eigenvalue weighted by atomic mass is 16.6. The van der Waals surface area contributed by atoms with Gasteiger partial charge in [-0.05, 0) is 33.3 Å². The van der Waals surface area contributed by atoms with E-state index >= 15 is 0 Å². The van der Waals surface area contributed by atoms with Gasteiger partial charge in [-0.1, -0.05) is 29.8 Å². The van der Waals surface area contributed by atoms with Crippen molar-refractivity contribution in [3.63, 3.8) is 0 Å². The van der Waals surface area contributed by atoms with Crippen LogP contribution in [0.2, 0.25) is 0 Å². The minimum atomic E-state index is -0.552. The van der Waals surface area contributed by atoms with Crippen molar-refractivity contribution in [2.24, 2.45) is 0 Å². The third-order valence-corrected chi connectivity index (χ3v) is 2.90. The van der Waals surface area contributed by atoms with Gasteiger partial charge in [-0.25, -0.2) is 4.79 Å². The molecule has 0 radical (unpaired) electrons. The number of rotatable bonds is 4. The average Bonchev–Trinajstić information content (AvgIpc) is 2.33. The van der Waals surface area contributed by atoms with E-state index < -0.39 is 11.7 Å². The van der Waals surface area contributed by atoms with E-state index in [2.05, 4.69) is 0 Å². The molecule has 0 aliphatic carbocycles. The molecule has 1 aromatic rings. The summed E-state index contributed by atoms with van der Waals surface area (Å²) in [5.41, 5.74) is 1.48. The van der Waals surface area contributed by atoms with E-state index in [4.69, 9.17) is 4.74 Å². The summed E-state index contributed by atoms with van der Waals surface area (Å²) < 4.78 is 5.35. The van der Waals surface area contributed by atoms with Gasteiger partial charge < -0.3 is 14.4 Å². The van der Waals surface area contributed by atoms with Crippen LogP contribution in [0.5, 0.6) is 0 Å². The topological polar surface area (TPSA) is 46.6 Å². The van der Waals surface area contributed by atoms with Gasteiger partial charge in [0.1, 0.15) is 11.9 Å². The molecule has 0 N–H and O–H groups in total. The summed E-state index contributed by atoms with van der Waals surface area (Å²) in [7, 11) is 1.66. The summed E-state index contributed by atoms with van der Waals surface area (Å²) in [4.78, 5) is 24.5. The van der Waals surface area contributed by atoms with Gasteiger partial charge in [0.15, 0.2) is 0 Å². The first-order chi connectivity index (χ1) is 9.24. The SMILES string of the molecule is Cc1cccc(C(CC=O)N(C)C(=O)OC(C)(C)C)c1. The number of nitrogens with zero attached hydrogens (tertiary/aromatic N) is 1. The number of hydrogen-bond acceptors (Lipinski definition) is 3. The molecular weight excluding hydrogens is 254 g/mol. The minimum absolute atomic E-state index is 0.249. The maximum atomic E-state index is 12.1. The van der Waals surface area contributed by atoms with Gasteiger partial charge in [-0.15, -0.1) is 0 Å². The zero-order chi connectivity index (χ0) is 15.3. The van der Waals surface area contributed by atoms with Crippen LogP contribution >= 0.6 is 0 Å². The van der Waals surface area contributed by atoms with Crippen molar-refractivity contribution >= 4 is 12.4 Å². The Hall–Kier alpha value is -1.84. The summed E-state index contributed by atoms with van der Waals surface area (Å²) in [6.45, 7) is 7.44. The highest BCUT2D eigenvalue weighted by molar-refractivity contribution is 5.69. The average molecular weight is 277 g/mol. The molecular formula is C16H23NO3. The Morgan fingerprint density at radius 3 is 2.55 bits per heavy atom. The van der Waals surface area contributed by atoms with Gasteiger partial charge in [0.05, 0.1) is 6.04 Å². The number of amides is 1. The third kappa shape index (κ3) is 4.68. The normalized spacial score (nSPS) is 12.7. The lowest BCUT2D eigenvalue weighted by Gasteiger charge is -2.30. The maximum absolute atomic E-state index is 12.1. The monoisotopic (exact) mass is 277 g/mol.